The van der Waals surface area contributed by atoms with Crippen molar-refractivity contribution in [1.29, 1.82) is 0 Å². The Balaban J connectivity index is 1.81. The fourth-order valence-electron chi connectivity index (χ4n) is 2.69. The molecule has 5 heteroatoms. The van der Waals surface area contributed by atoms with E-state index in [1.807, 2.05) is 36.4 Å². The highest BCUT2D eigenvalue weighted by Gasteiger charge is 2.10. The molecule has 0 aliphatic heterocycles. The summed E-state index contributed by atoms with van der Waals surface area (Å²) in [7, 11) is 0. The Labute approximate surface area is 151 Å². The van der Waals surface area contributed by atoms with Crippen LogP contribution in [0.5, 0.6) is 5.75 Å². The molecular formula is C21H21NO4. The standard InChI is InChI=1S/C21H21NO4/c1-2-3-11-22-20(23)14-25-16-9-10-17-18(15-7-5-4-6-8-15)13-21(24)26-19(17)12-16/h4-10,12-13H,2-3,11,14H2,1H3,(H,22,23). The second-order valence-electron chi connectivity index (χ2n) is 6.00. The number of carbonyl (C=O) groups is 1. The molecule has 3 rings (SSSR count). The maximum atomic E-state index is 11.9. The van der Waals surface area contributed by atoms with Gasteiger partial charge in [0.1, 0.15) is 11.3 Å². The summed E-state index contributed by atoms with van der Waals surface area (Å²) < 4.78 is 10.8. The third kappa shape index (κ3) is 4.30. The van der Waals surface area contributed by atoms with Gasteiger partial charge in [0.05, 0.1) is 0 Å². The first kappa shape index (κ1) is 17.7. The summed E-state index contributed by atoms with van der Waals surface area (Å²) >= 11 is 0. The number of fused-ring (bicyclic) bond motifs is 1. The molecule has 0 radical (unpaired) electrons. The van der Waals surface area contributed by atoms with Gasteiger partial charge in [-0.25, -0.2) is 4.79 Å². The normalized spacial score (nSPS) is 10.7. The topological polar surface area (TPSA) is 68.5 Å². The van der Waals surface area contributed by atoms with E-state index in [1.54, 1.807) is 12.1 Å². The van der Waals surface area contributed by atoms with Crippen molar-refractivity contribution in [3.05, 3.63) is 65.0 Å². The van der Waals surface area contributed by atoms with E-state index < -0.39 is 5.63 Å². The van der Waals surface area contributed by atoms with Crippen LogP contribution in [-0.4, -0.2) is 19.1 Å². The summed E-state index contributed by atoms with van der Waals surface area (Å²) in [4.78, 5) is 23.7. The Morgan fingerprint density at radius 1 is 1.12 bits per heavy atom. The lowest BCUT2D eigenvalue weighted by Crippen LogP contribution is -2.29. The van der Waals surface area contributed by atoms with Gasteiger partial charge in [0.2, 0.25) is 0 Å². The zero-order valence-electron chi connectivity index (χ0n) is 14.7. The van der Waals surface area contributed by atoms with Crippen LogP contribution in [0.3, 0.4) is 0 Å². The molecule has 5 nitrogen and oxygen atoms in total. The third-order valence-corrected chi connectivity index (χ3v) is 4.02. The van der Waals surface area contributed by atoms with Crippen LogP contribution in [-0.2, 0) is 4.79 Å². The minimum absolute atomic E-state index is 0.0716. The molecule has 1 aromatic heterocycles. The van der Waals surface area contributed by atoms with Gasteiger partial charge in [-0.1, -0.05) is 43.7 Å². The first-order valence-corrected chi connectivity index (χ1v) is 8.70. The highest BCUT2D eigenvalue weighted by Crippen LogP contribution is 2.29. The molecule has 0 spiro atoms. The average molecular weight is 351 g/mol. The molecule has 1 amide bonds. The Hall–Kier alpha value is -3.08. The Morgan fingerprint density at radius 3 is 2.69 bits per heavy atom. The molecule has 0 atom stereocenters. The highest BCUT2D eigenvalue weighted by atomic mass is 16.5. The Kier molecular flexibility index (Phi) is 5.69. The van der Waals surface area contributed by atoms with Gasteiger partial charge in [0.15, 0.2) is 6.61 Å². The van der Waals surface area contributed by atoms with Crippen molar-refractivity contribution in [3.8, 4) is 16.9 Å². The number of carbonyl (C=O) groups excluding carboxylic acids is 1. The number of rotatable bonds is 7. The minimum atomic E-state index is -0.425. The number of amides is 1. The number of hydrogen-bond donors (Lipinski definition) is 1. The van der Waals surface area contributed by atoms with Crippen molar-refractivity contribution >= 4 is 16.9 Å². The van der Waals surface area contributed by atoms with Crippen molar-refractivity contribution in [3.63, 3.8) is 0 Å². The van der Waals surface area contributed by atoms with Crippen molar-refractivity contribution in [2.45, 2.75) is 19.8 Å². The quantitative estimate of drug-likeness (QED) is 0.520. The number of unbranched alkanes of at least 4 members (excludes halogenated alkanes) is 1. The number of hydrogen-bond acceptors (Lipinski definition) is 4. The molecule has 26 heavy (non-hydrogen) atoms. The van der Waals surface area contributed by atoms with Crippen LogP contribution in [0.1, 0.15) is 19.8 Å². The van der Waals surface area contributed by atoms with Crippen LogP contribution in [0.25, 0.3) is 22.1 Å². The molecule has 134 valence electrons. The SMILES string of the molecule is CCCCNC(=O)COc1ccc2c(-c3ccccc3)cc(=O)oc2c1. The molecule has 0 saturated carbocycles. The van der Waals surface area contributed by atoms with Crippen LogP contribution in [0.2, 0.25) is 0 Å². The molecule has 2 aromatic carbocycles. The molecule has 1 heterocycles. The van der Waals surface area contributed by atoms with Gasteiger partial charge in [0.25, 0.3) is 5.91 Å². The molecule has 0 aliphatic rings. The zero-order chi connectivity index (χ0) is 18.4. The predicted molar refractivity (Wildman–Crippen MR) is 101 cm³/mol. The summed E-state index contributed by atoms with van der Waals surface area (Å²) in [6.07, 6.45) is 1.96. The largest absolute Gasteiger partial charge is 0.484 e. The number of ether oxygens (including phenoxy) is 1. The summed E-state index contributed by atoms with van der Waals surface area (Å²) in [6, 6.07) is 16.4. The Bertz CT molecular complexity index is 947. The average Bonchev–Trinajstić information content (AvgIpc) is 2.66. The fourth-order valence-corrected chi connectivity index (χ4v) is 2.69. The van der Waals surface area contributed by atoms with Crippen molar-refractivity contribution in [2.24, 2.45) is 0 Å². The first-order valence-electron chi connectivity index (χ1n) is 8.70. The molecule has 3 aromatic rings. The molecule has 0 unspecified atom stereocenters. The zero-order valence-corrected chi connectivity index (χ0v) is 14.7. The minimum Gasteiger partial charge on any atom is -0.484 e. The van der Waals surface area contributed by atoms with Crippen LogP contribution in [0.4, 0.5) is 0 Å². The molecule has 1 N–H and O–H groups in total. The summed E-state index contributed by atoms with van der Waals surface area (Å²) in [5, 5.41) is 3.61. The van der Waals surface area contributed by atoms with Crippen molar-refractivity contribution in [1.82, 2.24) is 5.32 Å². The first-order chi connectivity index (χ1) is 12.7. The van der Waals surface area contributed by atoms with E-state index in [0.717, 1.165) is 29.4 Å². The van der Waals surface area contributed by atoms with E-state index in [1.165, 1.54) is 6.07 Å². The van der Waals surface area contributed by atoms with Gasteiger partial charge in [0, 0.05) is 24.1 Å². The van der Waals surface area contributed by atoms with Crippen molar-refractivity contribution in [2.75, 3.05) is 13.2 Å². The molecule has 0 saturated heterocycles. The predicted octanol–water partition coefficient (Wildman–Crippen LogP) is 3.76. The van der Waals surface area contributed by atoms with Gasteiger partial charge >= 0.3 is 5.63 Å². The van der Waals surface area contributed by atoms with E-state index in [-0.39, 0.29) is 12.5 Å². The second-order valence-corrected chi connectivity index (χ2v) is 6.00. The van der Waals surface area contributed by atoms with Crippen molar-refractivity contribution < 1.29 is 13.9 Å². The third-order valence-electron chi connectivity index (χ3n) is 4.02. The maximum absolute atomic E-state index is 11.9. The smallest absolute Gasteiger partial charge is 0.336 e. The van der Waals surface area contributed by atoms with Gasteiger partial charge in [-0.15, -0.1) is 0 Å². The van der Waals surface area contributed by atoms with E-state index in [9.17, 15) is 9.59 Å². The van der Waals surface area contributed by atoms with Gasteiger partial charge in [-0.3, -0.25) is 4.79 Å². The molecule has 0 bridgehead atoms. The Morgan fingerprint density at radius 2 is 1.92 bits per heavy atom. The van der Waals surface area contributed by atoms with E-state index in [0.29, 0.717) is 17.9 Å². The van der Waals surface area contributed by atoms with Gasteiger partial charge < -0.3 is 14.5 Å². The van der Waals surface area contributed by atoms with Crippen LogP contribution in [0.15, 0.2) is 63.8 Å². The number of benzene rings is 2. The lowest BCUT2D eigenvalue weighted by molar-refractivity contribution is -0.123. The van der Waals surface area contributed by atoms with Crippen LogP contribution >= 0.6 is 0 Å². The van der Waals surface area contributed by atoms with Gasteiger partial charge in [-0.05, 0) is 29.7 Å². The van der Waals surface area contributed by atoms with Crippen LogP contribution in [0, 0.1) is 0 Å². The summed E-state index contributed by atoms with van der Waals surface area (Å²) in [5.74, 6) is 0.314. The second kappa shape index (κ2) is 8.34. The maximum Gasteiger partial charge on any atom is 0.336 e. The van der Waals surface area contributed by atoms with E-state index in [4.69, 9.17) is 9.15 Å². The monoisotopic (exact) mass is 351 g/mol. The van der Waals surface area contributed by atoms with Gasteiger partial charge in [-0.2, -0.15) is 0 Å². The summed E-state index contributed by atoms with van der Waals surface area (Å²) in [5.41, 5.74) is 1.75. The van der Waals surface area contributed by atoms with E-state index in [2.05, 4.69) is 12.2 Å². The summed E-state index contributed by atoms with van der Waals surface area (Å²) in [6.45, 7) is 2.64. The van der Waals surface area contributed by atoms with E-state index >= 15 is 0 Å². The molecule has 0 fully saturated rings. The lowest BCUT2D eigenvalue weighted by Gasteiger charge is -2.09. The van der Waals surface area contributed by atoms with Crippen LogP contribution < -0.4 is 15.7 Å². The molecular weight excluding hydrogens is 330 g/mol. The highest BCUT2D eigenvalue weighted by molar-refractivity contribution is 5.93. The molecule has 0 aliphatic carbocycles. The fraction of sp³-hybridized carbons (Fsp3) is 0.238. The number of nitrogens with one attached hydrogen (secondary N) is 1. The lowest BCUT2D eigenvalue weighted by atomic mass is 10.0.